The SMILES string of the molecule is Cn1ccc(CNC(=O)CC2CNC2)c1. The summed E-state index contributed by atoms with van der Waals surface area (Å²) < 4.78 is 1.98. The molecule has 0 atom stereocenters. The number of amides is 1. The summed E-state index contributed by atoms with van der Waals surface area (Å²) in [7, 11) is 1.98. The van der Waals surface area contributed by atoms with Crippen LogP contribution in [0.5, 0.6) is 0 Å². The molecular formula is C11H17N3O. The van der Waals surface area contributed by atoms with Gasteiger partial charge in [0.05, 0.1) is 0 Å². The van der Waals surface area contributed by atoms with Gasteiger partial charge in [0.1, 0.15) is 0 Å². The molecule has 4 nitrogen and oxygen atoms in total. The van der Waals surface area contributed by atoms with Crippen LogP contribution >= 0.6 is 0 Å². The molecule has 1 saturated heterocycles. The molecule has 2 rings (SSSR count). The summed E-state index contributed by atoms with van der Waals surface area (Å²) in [4.78, 5) is 11.5. The van der Waals surface area contributed by atoms with E-state index in [2.05, 4.69) is 10.6 Å². The highest BCUT2D eigenvalue weighted by molar-refractivity contribution is 5.76. The van der Waals surface area contributed by atoms with Crippen molar-refractivity contribution in [3.8, 4) is 0 Å². The van der Waals surface area contributed by atoms with E-state index < -0.39 is 0 Å². The molecule has 0 aromatic carbocycles. The standard InChI is InChI=1S/C11H17N3O/c1-14-3-2-9(8-14)7-13-11(15)4-10-5-12-6-10/h2-3,8,10,12H,4-7H2,1H3,(H,13,15). The maximum Gasteiger partial charge on any atom is 0.220 e. The fourth-order valence-corrected chi connectivity index (χ4v) is 1.69. The van der Waals surface area contributed by atoms with Crippen molar-refractivity contribution in [3.05, 3.63) is 24.0 Å². The molecule has 2 heterocycles. The number of nitrogens with zero attached hydrogens (tertiary/aromatic N) is 1. The Morgan fingerprint density at radius 1 is 1.67 bits per heavy atom. The average Bonchev–Trinajstić information content (AvgIpc) is 2.55. The van der Waals surface area contributed by atoms with Crippen molar-refractivity contribution in [1.82, 2.24) is 15.2 Å². The number of carbonyl (C=O) groups is 1. The lowest BCUT2D eigenvalue weighted by molar-refractivity contribution is -0.122. The third kappa shape index (κ3) is 2.83. The van der Waals surface area contributed by atoms with Crippen LogP contribution in [-0.4, -0.2) is 23.6 Å². The van der Waals surface area contributed by atoms with Gasteiger partial charge in [0.25, 0.3) is 0 Å². The molecule has 0 spiro atoms. The molecule has 1 aromatic heterocycles. The summed E-state index contributed by atoms with van der Waals surface area (Å²) >= 11 is 0. The molecule has 2 N–H and O–H groups in total. The monoisotopic (exact) mass is 207 g/mol. The van der Waals surface area contributed by atoms with Gasteiger partial charge in [-0.3, -0.25) is 4.79 Å². The molecule has 1 amide bonds. The third-order valence-electron chi connectivity index (χ3n) is 2.72. The highest BCUT2D eigenvalue weighted by Crippen LogP contribution is 2.07. The Morgan fingerprint density at radius 3 is 3.00 bits per heavy atom. The Bertz CT molecular complexity index is 341. The molecule has 4 heteroatoms. The van der Waals surface area contributed by atoms with Gasteiger partial charge in [-0.15, -0.1) is 0 Å². The lowest BCUT2D eigenvalue weighted by Crippen LogP contribution is -2.44. The molecule has 0 bridgehead atoms. The van der Waals surface area contributed by atoms with Crippen LogP contribution in [-0.2, 0) is 18.4 Å². The zero-order chi connectivity index (χ0) is 10.7. The predicted molar refractivity (Wildman–Crippen MR) is 58.2 cm³/mol. The molecule has 0 unspecified atom stereocenters. The predicted octanol–water partition coefficient (Wildman–Crippen LogP) is 0.251. The molecule has 1 aromatic rings. The summed E-state index contributed by atoms with van der Waals surface area (Å²) in [6, 6.07) is 2.02. The number of aryl methyl sites for hydroxylation is 1. The van der Waals surface area contributed by atoms with Gasteiger partial charge < -0.3 is 15.2 Å². The Balaban J connectivity index is 1.70. The first-order valence-electron chi connectivity index (χ1n) is 5.32. The smallest absolute Gasteiger partial charge is 0.220 e. The van der Waals surface area contributed by atoms with Crippen LogP contribution in [0.1, 0.15) is 12.0 Å². The maximum absolute atomic E-state index is 11.5. The Labute approximate surface area is 89.7 Å². The molecule has 1 aliphatic heterocycles. The molecule has 0 radical (unpaired) electrons. The Kier molecular flexibility index (Phi) is 3.06. The minimum atomic E-state index is 0.158. The van der Waals surface area contributed by atoms with Gasteiger partial charge in [-0.05, 0) is 30.6 Å². The van der Waals surface area contributed by atoms with E-state index in [1.807, 2.05) is 30.1 Å². The number of hydrogen-bond acceptors (Lipinski definition) is 2. The summed E-state index contributed by atoms with van der Waals surface area (Å²) in [5.41, 5.74) is 1.15. The average molecular weight is 207 g/mol. The van der Waals surface area contributed by atoms with E-state index in [4.69, 9.17) is 0 Å². The van der Waals surface area contributed by atoms with Gasteiger partial charge in [0.2, 0.25) is 5.91 Å². The number of carbonyl (C=O) groups excluding carboxylic acids is 1. The molecule has 82 valence electrons. The molecule has 1 fully saturated rings. The van der Waals surface area contributed by atoms with Crippen molar-refractivity contribution in [2.24, 2.45) is 13.0 Å². The molecule has 15 heavy (non-hydrogen) atoms. The topological polar surface area (TPSA) is 46.1 Å². The van der Waals surface area contributed by atoms with Gasteiger partial charge in [0.15, 0.2) is 0 Å². The van der Waals surface area contributed by atoms with Crippen LogP contribution in [0.15, 0.2) is 18.5 Å². The summed E-state index contributed by atoms with van der Waals surface area (Å²) in [5, 5.41) is 6.09. The van der Waals surface area contributed by atoms with Crippen molar-refractivity contribution in [2.75, 3.05) is 13.1 Å². The van der Waals surface area contributed by atoms with Gasteiger partial charge >= 0.3 is 0 Å². The number of aromatic nitrogens is 1. The summed E-state index contributed by atoms with van der Waals surface area (Å²) in [6.45, 7) is 2.61. The second-order valence-electron chi connectivity index (χ2n) is 4.19. The number of rotatable bonds is 4. The van der Waals surface area contributed by atoms with Crippen LogP contribution < -0.4 is 10.6 Å². The first-order chi connectivity index (χ1) is 7.24. The highest BCUT2D eigenvalue weighted by Gasteiger charge is 2.19. The maximum atomic E-state index is 11.5. The Hall–Kier alpha value is -1.29. The highest BCUT2D eigenvalue weighted by atomic mass is 16.1. The van der Waals surface area contributed by atoms with Crippen LogP contribution in [0, 0.1) is 5.92 Å². The number of nitrogens with one attached hydrogen (secondary N) is 2. The first-order valence-corrected chi connectivity index (χ1v) is 5.32. The zero-order valence-electron chi connectivity index (χ0n) is 8.99. The second kappa shape index (κ2) is 4.49. The summed E-state index contributed by atoms with van der Waals surface area (Å²) in [6.07, 6.45) is 4.66. The normalized spacial score (nSPS) is 16.1. The molecule has 0 saturated carbocycles. The van der Waals surface area contributed by atoms with E-state index >= 15 is 0 Å². The van der Waals surface area contributed by atoms with Gasteiger partial charge in [-0.1, -0.05) is 0 Å². The van der Waals surface area contributed by atoms with Crippen molar-refractivity contribution in [3.63, 3.8) is 0 Å². The van der Waals surface area contributed by atoms with E-state index in [-0.39, 0.29) is 5.91 Å². The van der Waals surface area contributed by atoms with E-state index in [0.717, 1.165) is 18.7 Å². The van der Waals surface area contributed by atoms with Crippen molar-refractivity contribution < 1.29 is 4.79 Å². The summed E-state index contributed by atoms with van der Waals surface area (Å²) in [5.74, 6) is 0.700. The lowest BCUT2D eigenvalue weighted by Gasteiger charge is -2.26. The quantitative estimate of drug-likeness (QED) is 0.743. The van der Waals surface area contributed by atoms with E-state index in [9.17, 15) is 4.79 Å². The van der Waals surface area contributed by atoms with Crippen molar-refractivity contribution in [2.45, 2.75) is 13.0 Å². The van der Waals surface area contributed by atoms with E-state index in [0.29, 0.717) is 18.9 Å². The largest absolute Gasteiger partial charge is 0.357 e. The van der Waals surface area contributed by atoms with Crippen LogP contribution in [0.2, 0.25) is 0 Å². The van der Waals surface area contributed by atoms with Crippen molar-refractivity contribution in [1.29, 1.82) is 0 Å². The van der Waals surface area contributed by atoms with Crippen molar-refractivity contribution >= 4 is 5.91 Å². The second-order valence-corrected chi connectivity index (χ2v) is 4.19. The third-order valence-corrected chi connectivity index (χ3v) is 2.72. The first kappa shape index (κ1) is 10.2. The van der Waals surface area contributed by atoms with Crippen LogP contribution in [0.3, 0.4) is 0 Å². The molecular weight excluding hydrogens is 190 g/mol. The molecule has 1 aliphatic rings. The van der Waals surface area contributed by atoms with Gasteiger partial charge in [-0.2, -0.15) is 0 Å². The Morgan fingerprint density at radius 2 is 2.47 bits per heavy atom. The zero-order valence-corrected chi connectivity index (χ0v) is 8.99. The number of hydrogen-bond donors (Lipinski definition) is 2. The molecule has 0 aliphatic carbocycles. The fourth-order valence-electron chi connectivity index (χ4n) is 1.69. The van der Waals surface area contributed by atoms with Crippen LogP contribution in [0.25, 0.3) is 0 Å². The van der Waals surface area contributed by atoms with Gasteiger partial charge in [-0.25, -0.2) is 0 Å². The van der Waals surface area contributed by atoms with E-state index in [1.54, 1.807) is 0 Å². The van der Waals surface area contributed by atoms with Crippen LogP contribution in [0.4, 0.5) is 0 Å². The van der Waals surface area contributed by atoms with E-state index in [1.165, 1.54) is 0 Å². The van der Waals surface area contributed by atoms with Gasteiger partial charge in [0, 0.05) is 32.4 Å². The minimum absolute atomic E-state index is 0.158. The lowest BCUT2D eigenvalue weighted by atomic mass is 9.99. The minimum Gasteiger partial charge on any atom is -0.357 e. The fraction of sp³-hybridized carbons (Fsp3) is 0.545.